The van der Waals surface area contributed by atoms with Crippen molar-refractivity contribution in [2.75, 3.05) is 11.9 Å². The molecule has 0 radical (unpaired) electrons. The van der Waals surface area contributed by atoms with Crippen LogP contribution < -0.4 is 15.2 Å². The minimum Gasteiger partial charge on any atom is -0.483 e. The highest BCUT2D eigenvalue weighted by atomic mass is 79.9. The molecule has 0 atom stereocenters. The van der Waals surface area contributed by atoms with E-state index in [2.05, 4.69) is 21.2 Å². The summed E-state index contributed by atoms with van der Waals surface area (Å²) in [4.78, 5) is 11.9. The summed E-state index contributed by atoms with van der Waals surface area (Å²) < 4.78 is 29.0. The molecule has 2 aromatic rings. The second kappa shape index (κ2) is 7.52. The molecule has 0 aromatic heterocycles. The van der Waals surface area contributed by atoms with Crippen LogP contribution in [0, 0.1) is 6.92 Å². The third kappa shape index (κ3) is 4.94. The fraction of sp³-hybridized carbons (Fsp3) is 0.133. The van der Waals surface area contributed by atoms with E-state index in [-0.39, 0.29) is 11.5 Å². The van der Waals surface area contributed by atoms with Crippen LogP contribution in [-0.4, -0.2) is 20.9 Å². The number of primary sulfonamides is 1. The maximum absolute atomic E-state index is 12.0. The number of halogens is 2. The number of anilines is 1. The molecule has 128 valence electrons. The van der Waals surface area contributed by atoms with Gasteiger partial charge in [0.15, 0.2) is 6.61 Å². The summed E-state index contributed by atoms with van der Waals surface area (Å²) in [6.07, 6.45) is 0. The van der Waals surface area contributed by atoms with Crippen molar-refractivity contribution in [1.82, 2.24) is 0 Å². The average Bonchev–Trinajstić information content (AvgIpc) is 2.47. The van der Waals surface area contributed by atoms with E-state index < -0.39 is 15.9 Å². The molecule has 2 rings (SSSR count). The van der Waals surface area contributed by atoms with Gasteiger partial charge in [-0.1, -0.05) is 17.7 Å². The number of carbonyl (C=O) groups excluding carboxylic acids is 1. The molecular formula is C15H14BrClN2O4S. The van der Waals surface area contributed by atoms with E-state index in [4.69, 9.17) is 21.5 Å². The number of hydrogen-bond acceptors (Lipinski definition) is 4. The lowest BCUT2D eigenvalue weighted by Crippen LogP contribution is -2.21. The van der Waals surface area contributed by atoms with Crippen molar-refractivity contribution >= 4 is 49.1 Å². The Kier molecular flexibility index (Phi) is 5.87. The number of amides is 1. The second-order valence-electron chi connectivity index (χ2n) is 4.94. The summed E-state index contributed by atoms with van der Waals surface area (Å²) in [6, 6.07) is 9.36. The van der Waals surface area contributed by atoms with Gasteiger partial charge in [0.2, 0.25) is 10.0 Å². The van der Waals surface area contributed by atoms with Crippen LogP contribution in [0.5, 0.6) is 5.75 Å². The lowest BCUT2D eigenvalue weighted by Gasteiger charge is -2.11. The van der Waals surface area contributed by atoms with Gasteiger partial charge in [-0.25, -0.2) is 13.6 Å². The number of rotatable bonds is 5. The molecule has 0 saturated heterocycles. The van der Waals surface area contributed by atoms with Gasteiger partial charge in [-0.2, -0.15) is 0 Å². The minimum absolute atomic E-state index is 0.0401. The molecule has 2 aromatic carbocycles. The Morgan fingerprint density at radius 3 is 2.62 bits per heavy atom. The fourth-order valence-electron chi connectivity index (χ4n) is 1.92. The van der Waals surface area contributed by atoms with Crippen LogP contribution in [0.1, 0.15) is 5.56 Å². The van der Waals surface area contributed by atoms with E-state index in [1.54, 1.807) is 37.3 Å². The van der Waals surface area contributed by atoms with Crippen LogP contribution in [0.15, 0.2) is 45.8 Å². The molecule has 0 saturated carbocycles. The van der Waals surface area contributed by atoms with E-state index in [0.29, 0.717) is 26.5 Å². The zero-order valence-electron chi connectivity index (χ0n) is 12.5. The van der Waals surface area contributed by atoms with Gasteiger partial charge in [0, 0.05) is 10.7 Å². The summed E-state index contributed by atoms with van der Waals surface area (Å²) >= 11 is 9.11. The van der Waals surface area contributed by atoms with Gasteiger partial charge < -0.3 is 10.1 Å². The van der Waals surface area contributed by atoms with Crippen LogP contribution in [0.25, 0.3) is 0 Å². The Morgan fingerprint density at radius 2 is 2.00 bits per heavy atom. The summed E-state index contributed by atoms with van der Waals surface area (Å²) in [5, 5.41) is 8.23. The Hall–Kier alpha value is -1.61. The Labute approximate surface area is 153 Å². The van der Waals surface area contributed by atoms with Crippen molar-refractivity contribution in [3.63, 3.8) is 0 Å². The normalized spacial score (nSPS) is 11.2. The maximum Gasteiger partial charge on any atom is 0.262 e. The summed E-state index contributed by atoms with van der Waals surface area (Å²) in [6.45, 7) is 1.37. The largest absolute Gasteiger partial charge is 0.483 e. The topological polar surface area (TPSA) is 98.5 Å². The van der Waals surface area contributed by atoms with Crippen molar-refractivity contribution < 1.29 is 17.9 Å². The summed E-state index contributed by atoms with van der Waals surface area (Å²) in [7, 11) is -3.86. The molecule has 0 unspecified atom stereocenters. The first kappa shape index (κ1) is 18.7. The van der Waals surface area contributed by atoms with E-state index >= 15 is 0 Å². The highest BCUT2D eigenvalue weighted by molar-refractivity contribution is 9.10. The average molecular weight is 434 g/mol. The molecule has 0 aliphatic rings. The molecule has 24 heavy (non-hydrogen) atoms. The smallest absolute Gasteiger partial charge is 0.262 e. The maximum atomic E-state index is 12.0. The van der Waals surface area contributed by atoms with Crippen LogP contribution in [-0.2, 0) is 14.8 Å². The molecule has 0 heterocycles. The number of ether oxygens (including phenoxy) is 1. The number of sulfonamides is 1. The lowest BCUT2D eigenvalue weighted by molar-refractivity contribution is -0.118. The Balaban J connectivity index is 2.05. The van der Waals surface area contributed by atoms with Gasteiger partial charge in [-0.15, -0.1) is 0 Å². The SMILES string of the molecule is Cc1ccc(NC(=O)COc2ccc(Cl)cc2Br)cc1S(N)(=O)=O. The number of hydrogen-bond donors (Lipinski definition) is 2. The predicted octanol–water partition coefficient (Wildman–Crippen LogP) is 3.08. The van der Waals surface area contributed by atoms with Gasteiger partial charge >= 0.3 is 0 Å². The first-order valence-electron chi connectivity index (χ1n) is 6.68. The van der Waals surface area contributed by atoms with Crippen molar-refractivity contribution in [2.45, 2.75) is 11.8 Å². The summed E-state index contributed by atoms with van der Waals surface area (Å²) in [5.74, 6) is 0.0183. The zero-order valence-corrected chi connectivity index (χ0v) is 15.7. The van der Waals surface area contributed by atoms with Crippen molar-refractivity contribution in [2.24, 2.45) is 5.14 Å². The number of benzene rings is 2. The number of aryl methyl sites for hydroxylation is 1. The molecular weight excluding hydrogens is 420 g/mol. The molecule has 0 fully saturated rings. The van der Waals surface area contributed by atoms with Gasteiger partial charge in [-0.05, 0) is 58.7 Å². The minimum atomic E-state index is -3.86. The number of nitrogens with one attached hydrogen (secondary N) is 1. The number of carbonyl (C=O) groups is 1. The van der Waals surface area contributed by atoms with Crippen LogP contribution in [0.2, 0.25) is 5.02 Å². The van der Waals surface area contributed by atoms with Crippen molar-refractivity contribution in [3.8, 4) is 5.75 Å². The highest BCUT2D eigenvalue weighted by Crippen LogP contribution is 2.28. The van der Waals surface area contributed by atoms with E-state index in [1.807, 2.05) is 0 Å². The molecule has 9 heteroatoms. The second-order valence-corrected chi connectivity index (χ2v) is 7.76. The lowest BCUT2D eigenvalue weighted by atomic mass is 10.2. The molecule has 0 aliphatic heterocycles. The first-order valence-corrected chi connectivity index (χ1v) is 9.39. The molecule has 0 aliphatic carbocycles. The quantitative estimate of drug-likeness (QED) is 0.757. The molecule has 0 spiro atoms. The third-order valence-electron chi connectivity index (χ3n) is 3.03. The standard InChI is InChI=1S/C15H14BrClN2O4S/c1-9-2-4-11(7-14(9)24(18,21)22)19-15(20)8-23-13-5-3-10(17)6-12(13)16/h2-7H,8H2,1H3,(H,19,20)(H2,18,21,22). The van der Waals surface area contributed by atoms with Crippen LogP contribution in [0.3, 0.4) is 0 Å². The molecule has 6 nitrogen and oxygen atoms in total. The zero-order chi connectivity index (χ0) is 17.9. The first-order chi connectivity index (χ1) is 11.2. The molecule has 0 bridgehead atoms. The number of nitrogens with two attached hydrogens (primary N) is 1. The van der Waals surface area contributed by atoms with Crippen molar-refractivity contribution in [1.29, 1.82) is 0 Å². The fourth-order valence-corrected chi connectivity index (χ4v) is 3.52. The van der Waals surface area contributed by atoms with Gasteiger partial charge in [-0.3, -0.25) is 4.79 Å². The Bertz CT molecular complexity index is 887. The van der Waals surface area contributed by atoms with E-state index in [1.165, 1.54) is 6.07 Å². The molecule has 3 N–H and O–H groups in total. The summed E-state index contributed by atoms with van der Waals surface area (Å²) in [5.41, 5.74) is 0.810. The van der Waals surface area contributed by atoms with E-state index in [0.717, 1.165) is 0 Å². The predicted molar refractivity (Wildman–Crippen MR) is 95.8 cm³/mol. The van der Waals surface area contributed by atoms with Gasteiger partial charge in [0.05, 0.1) is 9.37 Å². The van der Waals surface area contributed by atoms with Gasteiger partial charge in [0.1, 0.15) is 5.75 Å². The van der Waals surface area contributed by atoms with E-state index in [9.17, 15) is 13.2 Å². The van der Waals surface area contributed by atoms with Gasteiger partial charge in [0.25, 0.3) is 5.91 Å². The molecule has 1 amide bonds. The highest BCUT2D eigenvalue weighted by Gasteiger charge is 2.13. The monoisotopic (exact) mass is 432 g/mol. The third-order valence-corrected chi connectivity index (χ3v) is 4.94. The Morgan fingerprint density at radius 1 is 1.29 bits per heavy atom. The van der Waals surface area contributed by atoms with Crippen LogP contribution >= 0.6 is 27.5 Å². The van der Waals surface area contributed by atoms with Crippen LogP contribution in [0.4, 0.5) is 5.69 Å². The van der Waals surface area contributed by atoms with Crippen molar-refractivity contribution in [3.05, 3.63) is 51.5 Å².